The van der Waals surface area contributed by atoms with Crippen LogP contribution in [0.3, 0.4) is 0 Å². The van der Waals surface area contributed by atoms with Gasteiger partial charge in [0, 0.05) is 13.1 Å². The Morgan fingerprint density at radius 3 is 2.26 bits per heavy atom. The number of aromatic nitrogens is 2. The van der Waals surface area contributed by atoms with Crippen molar-refractivity contribution < 1.29 is 13.2 Å². The molecule has 2 aromatic rings. The fraction of sp³-hybridized carbons (Fsp3) is 0.167. The number of hydrogen-bond donors (Lipinski definition) is 0. The fourth-order valence-electron chi connectivity index (χ4n) is 1.71. The highest BCUT2D eigenvalue weighted by molar-refractivity contribution is 7.71. The van der Waals surface area contributed by atoms with E-state index in [2.05, 4.69) is 0 Å². The summed E-state index contributed by atoms with van der Waals surface area (Å²) < 4.78 is 39.8. The fourth-order valence-corrected chi connectivity index (χ4v) is 2.01. The van der Waals surface area contributed by atoms with Gasteiger partial charge in [-0.2, -0.15) is 13.2 Å². The third-order valence-corrected chi connectivity index (χ3v) is 3.08. The van der Waals surface area contributed by atoms with Crippen LogP contribution in [0.25, 0.3) is 5.69 Å². The first-order chi connectivity index (χ1) is 8.82. The maximum absolute atomic E-state index is 12.7. The van der Waals surface area contributed by atoms with Crippen LogP contribution in [0.5, 0.6) is 0 Å². The Labute approximate surface area is 111 Å². The number of para-hydroxylation sites is 1. The highest BCUT2D eigenvalue weighted by Crippen LogP contribution is 2.28. The minimum absolute atomic E-state index is 0.203. The second-order valence-corrected chi connectivity index (χ2v) is 4.24. The first-order valence-electron chi connectivity index (χ1n) is 5.28. The van der Waals surface area contributed by atoms with Gasteiger partial charge in [0.05, 0.1) is 5.69 Å². The van der Waals surface area contributed by atoms with Crippen molar-refractivity contribution in [2.24, 2.45) is 7.05 Å². The first-order valence-corrected chi connectivity index (χ1v) is 5.69. The monoisotopic (exact) mass is 286 g/mol. The van der Waals surface area contributed by atoms with Crippen LogP contribution in [0.15, 0.2) is 41.2 Å². The third kappa shape index (κ3) is 2.46. The molecule has 1 aromatic carbocycles. The minimum Gasteiger partial charge on any atom is -0.317 e. The number of hydrogen-bond acceptors (Lipinski definition) is 2. The van der Waals surface area contributed by atoms with Gasteiger partial charge in [-0.25, -0.2) is 0 Å². The van der Waals surface area contributed by atoms with Crippen LogP contribution in [0.2, 0.25) is 0 Å². The zero-order valence-corrected chi connectivity index (χ0v) is 10.6. The number of halogens is 3. The van der Waals surface area contributed by atoms with Crippen molar-refractivity contribution in [2.75, 3.05) is 0 Å². The van der Waals surface area contributed by atoms with Crippen LogP contribution in [-0.2, 0) is 13.2 Å². The van der Waals surface area contributed by atoms with Crippen LogP contribution < -0.4 is 5.56 Å². The van der Waals surface area contributed by atoms with Crippen LogP contribution >= 0.6 is 12.2 Å². The molecule has 0 radical (unpaired) electrons. The molecular weight excluding hydrogens is 277 g/mol. The summed E-state index contributed by atoms with van der Waals surface area (Å²) in [7, 11) is 1.18. The largest absolute Gasteiger partial charge is 0.431 e. The standard InChI is InChI=1S/C12H9F3N2OS/c1-16-9(12(13,14)15)7-10(18)17(11(16)19)8-5-3-2-4-6-8/h2-7H,1H3. The molecule has 2 rings (SSSR count). The SMILES string of the molecule is Cn1c(C(F)(F)F)cc(=O)n(-c2ccccc2)c1=S. The molecule has 0 N–H and O–H groups in total. The molecule has 0 spiro atoms. The maximum Gasteiger partial charge on any atom is 0.431 e. The second-order valence-electron chi connectivity index (χ2n) is 3.88. The summed E-state index contributed by atoms with van der Waals surface area (Å²) in [5.74, 6) is 0. The Kier molecular flexibility index (Phi) is 3.32. The van der Waals surface area contributed by atoms with E-state index in [1.54, 1.807) is 30.3 Å². The Morgan fingerprint density at radius 1 is 1.16 bits per heavy atom. The van der Waals surface area contributed by atoms with E-state index in [0.29, 0.717) is 11.8 Å². The Bertz CT molecular complexity index is 716. The van der Waals surface area contributed by atoms with Crippen molar-refractivity contribution in [1.29, 1.82) is 0 Å². The molecular formula is C12H9F3N2OS. The van der Waals surface area contributed by atoms with E-state index in [4.69, 9.17) is 12.2 Å². The topological polar surface area (TPSA) is 26.9 Å². The minimum atomic E-state index is -4.61. The van der Waals surface area contributed by atoms with Crippen molar-refractivity contribution in [1.82, 2.24) is 9.13 Å². The molecule has 0 aliphatic carbocycles. The average Bonchev–Trinajstić information content (AvgIpc) is 2.34. The highest BCUT2D eigenvalue weighted by atomic mass is 32.1. The number of rotatable bonds is 1. The van der Waals surface area contributed by atoms with Gasteiger partial charge in [-0.1, -0.05) is 18.2 Å². The van der Waals surface area contributed by atoms with Crippen LogP contribution in [0.1, 0.15) is 5.69 Å². The van der Waals surface area contributed by atoms with Crippen LogP contribution in [0.4, 0.5) is 13.2 Å². The van der Waals surface area contributed by atoms with E-state index >= 15 is 0 Å². The second kappa shape index (κ2) is 4.65. The zero-order valence-electron chi connectivity index (χ0n) is 9.81. The maximum atomic E-state index is 12.7. The summed E-state index contributed by atoms with van der Waals surface area (Å²) in [4.78, 5) is 11.8. The lowest BCUT2D eigenvalue weighted by Crippen LogP contribution is -2.27. The highest BCUT2D eigenvalue weighted by Gasteiger charge is 2.34. The van der Waals surface area contributed by atoms with Crippen molar-refractivity contribution in [3.8, 4) is 5.69 Å². The van der Waals surface area contributed by atoms with Crippen LogP contribution in [-0.4, -0.2) is 9.13 Å². The normalized spacial score (nSPS) is 11.6. The molecule has 0 atom stereocenters. The van der Waals surface area contributed by atoms with Crippen molar-refractivity contribution in [2.45, 2.75) is 6.18 Å². The molecule has 7 heteroatoms. The van der Waals surface area contributed by atoms with Crippen LogP contribution in [0, 0.1) is 4.77 Å². The lowest BCUT2D eigenvalue weighted by Gasteiger charge is -2.15. The lowest BCUT2D eigenvalue weighted by molar-refractivity contribution is -0.143. The Hall–Kier alpha value is -1.89. The van der Waals surface area contributed by atoms with Gasteiger partial charge in [-0.15, -0.1) is 0 Å². The van der Waals surface area contributed by atoms with E-state index in [1.165, 1.54) is 7.05 Å². The molecule has 100 valence electrons. The van der Waals surface area contributed by atoms with E-state index in [-0.39, 0.29) is 4.77 Å². The first kappa shape index (κ1) is 13.5. The quantitative estimate of drug-likeness (QED) is 0.754. The van der Waals surface area contributed by atoms with Gasteiger partial charge in [-0.05, 0) is 24.4 Å². The van der Waals surface area contributed by atoms with Crippen molar-refractivity contribution >= 4 is 12.2 Å². The number of nitrogens with zero attached hydrogens (tertiary/aromatic N) is 2. The van der Waals surface area contributed by atoms with Gasteiger partial charge in [-0.3, -0.25) is 9.36 Å². The Balaban J connectivity index is 2.79. The molecule has 3 nitrogen and oxygen atoms in total. The zero-order chi connectivity index (χ0) is 14.2. The van der Waals surface area contributed by atoms with Crippen molar-refractivity contribution in [3.63, 3.8) is 0 Å². The molecule has 0 saturated carbocycles. The Morgan fingerprint density at radius 2 is 1.74 bits per heavy atom. The summed E-state index contributed by atoms with van der Waals surface area (Å²) in [6.07, 6.45) is -4.61. The molecule has 0 unspecified atom stereocenters. The molecule has 1 aromatic heterocycles. The summed E-state index contributed by atoms with van der Waals surface area (Å²) in [5.41, 5.74) is -1.43. The summed E-state index contributed by atoms with van der Waals surface area (Å²) in [6.45, 7) is 0. The van der Waals surface area contributed by atoms with Crippen molar-refractivity contribution in [3.05, 3.63) is 57.2 Å². The molecule has 0 aliphatic heterocycles. The average molecular weight is 286 g/mol. The van der Waals surface area contributed by atoms with Gasteiger partial charge < -0.3 is 4.57 Å². The van der Waals surface area contributed by atoms with Gasteiger partial charge in [0.25, 0.3) is 5.56 Å². The van der Waals surface area contributed by atoms with E-state index in [9.17, 15) is 18.0 Å². The third-order valence-electron chi connectivity index (χ3n) is 2.62. The summed E-state index contributed by atoms with van der Waals surface area (Å²) >= 11 is 4.95. The van der Waals surface area contributed by atoms with Gasteiger partial charge in [0.1, 0.15) is 5.69 Å². The van der Waals surface area contributed by atoms with E-state index < -0.39 is 17.4 Å². The molecule has 19 heavy (non-hydrogen) atoms. The number of alkyl halides is 3. The number of benzene rings is 1. The van der Waals surface area contributed by atoms with Gasteiger partial charge >= 0.3 is 6.18 Å². The van der Waals surface area contributed by atoms with Gasteiger partial charge in [0.15, 0.2) is 4.77 Å². The van der Waals surface area contributed by atoms with E-state index in [0.717, 1.165) is 9.13 Å². The molecule has 1 heterocycles. The molecule has 0 fully saturated rings. The molecule has 0 amide bonds. The summed E-state index contributed by atoms with van der Waals surface area (Å²) in [5, 5.41) is 0. The predicted molar refractivity (Wildman–Crippen MR) is 66.8 cm³/mol. The summed E-state index contributed by atoms with van der Waals surface area (Å²) in [6, 6.07) is 8.84. The lowest BCUT2D eigenvalue weighted by atomic mass is 10.3. The van der Waals surface area contributed by atoms with Gasteiger partial charge in [0.2, 0.25) is 0 Å². The predicted octanol–water partition coefficient (Wildman–Crippen LogP) is 2.92. The molecule has 0 saturated heterocycles. The smallest absolute Gasteiger partial charge is 0.317 e. The molecule has 0 aliphatic rings. The molecule has 0 bridgehead atoms. The van der Waals surface area contributed by atoms with E-state index in [1.807, 2.05) is 0 Å².